The van der Waals surface area contributed by atoms with Crippen LogP contribution in [0.5, 0.6) is 11.8 Å². The van der Waals surface area contributed by atoms with Crippen molar-refractivity contribution in [1.29, 1.82) is 0 Å². The Morgan fingerprint density at radius 3 is 1.26 bits per heavy atom. The number of hydrogen-bond acceptors (Lipinski definition) is 10. The van der Waals surface area contributed by atoms with E-state index in [1.165, 1.54) is 122 Å². The monoisotopic (exact) mass is 1120 g/mol. The Bertz CT molecular complexity index is 3320. The van der Waals surface area contributed by atoms with Crippen molar-refractivity contribution in [1.82, 2.24) is 33.2 Å². The number of carbonyl (C=O) groups is 1. The summed E-state index contributed by atoms with van der Waals surface area (Å²) >= 11 is 0. The number of unbranched alkanes of at least 4 members (excludes halogenated alkanes) is 20. The summed E-state index contributed by atoms with van der Waals surface area (Å²) in [6, 6.07) is 23.9. The second-order valence-corrected chi connectivity index (χ2v) is 21.4. The highest BCUT2D eigenvalue weighted by molar-refractivity contribution is 5.97. The first-order valence-electron chi connectivity index (χ1n) is 30.7. The highest BCUT2D eigenvalue weighted by atomic mass is 16.5. The van der Waals surface area contributed by atoms with Crippen molar-refractivity contribution >= 4 is 45.0 Å². The molecule has 1 aliphatic carbocycles. The Balaban J connectivity index is 0.000000206. The Morgan fingerprint density at radius 1 is 0.390 bits per heavy atom. The predicted molar refractivity (Wildman–Crippen MR) is 336 cm³/mol. The fourth-order valence-corrected chi connectivity index (χ4v) is 10.3. The van der Waals surface area contributed by atoms with Crippen LogP contribution in [0.3, 0.4) is 0 Å². The molecule has 82 heavy (non-hydrogen) atoms. The van der Waals surface area contributed by atoms with E-state index in [1.54, 1.807) is 87.0 Å². The van der Waals surface area contributed by atoms with E-state index in [0.29, 0.717) is 23.7 Å². The molecule has 1 N–H and O–H groups in total. The molecule has 0 saturated heterocycles. The van der Waals surface area contributed by atoms with E-state index in [1.807, 2.05) is 36.5 Å². The quantitative estimate of drug-likeness (QED) is 0.0425. The van der Waals surface area contributed by atoms with Gasteiger partial charge in [-0.3, -0.25) is 28.8 Å². The number of nitrogens with one attached hydrogen (secondary N) is 1. The van der Waals surface area contributed by atoms with Crippen LogP contribution in [-0.2, 0) is 37.4 Å². The largest absolute Gasteiger partial charge is 0.481 e. The highest BCUT2D eigenvalue weighted by Crippen LogP contribution is 2.19. The van der Waals surface area contributed by atoms with Crippen LogP contribution in [-0.4, -0.2) is 53.2 Å². The predicted octanol–water partition coefficient (Wildman–Crippen LogP) is 13.9. The number of ether oxygens (including phenoxy) is 2. The van der Waals surface area contributed by atoms with Crippen LogP contribution < -0.4 is 37.3 Å². The number of fused-ring (bicyclic) bond motifs is 4. The molecule has 0 unspecified atom stereocenters. The molecule has 1 aliphatic rings. The van der Waals surface area contributed by atoms with E-state index in [4.69, 9.17) is 9.47 Å². The lowest BCUT2D eigenvalue weighted by Crippen LogP contribution is -2.25. The lowest BCUT2D eigenvalue weighted by Gasteiger charge is -2.16. The van der Waals surface area contributed by atoms with Gasteiger partial charge in [-0.05, 0) is 79.8 Å². The zero-order valence-electron chi connectivity index (χ0n) is 50.2. The van der Waals surface area contributed by atoms with Gasteiger partial charge in [-0.15, -0.1) is 0 Å². The van der Waals surface area contributed by atoms with Crippen molar-refractivity contribution < 1.29 is 14.3 Å². The van der Waals surface area contributed by atoms with Gasteiger partial charge >= 0.3 is 0 Å². The number of aromatic nitrogens is 7. The number of aryl methyl sites for hydroxylation is 3. The summed E-state index contributed by atoms with van der Waals surface area (Å²) < 4.78 is 17.4. The van der Waals surface area contributed by atoms with Gasteiger partial charge in [0.1, 0.15) is 0 Å². The minimum absolute atomic E-state index is 0.0332. The summed E-state index contributed by atoms with van der Waals surface area (Å²) in [6.07, 6.45) is 32.8. The van der Waals surface area contributed by atoms with Crippen LogP contribution in [0, 0.1) is 0 Å². The number of carbonyl (C=O) groups excluding carboxylic acids is 1. The number of methoxy groups -OCH3 is 2. The molecule has 0 saturated carbocycles. The molecule has 0 radical (unpaired) electrons. The van der Waals surface area contributed by atoms with Gasteiger partial charge in [-0.25, -0.2) is 9.97 Å². The van der Waals surface area contributed by atoms with Crippen molar-refractivity contribution in [3.05, 3.63) is 154 Å². The first-order valence-corrected chi connectivity index (χ1v) is 30.7. The molecule has 0 bridgehead atoms. The molecule has 0 aromatic carbocycles. The number of H-pyrrole nitrogens is 1. The molecule has 8 rings (SSSR count). The van der Waals surface area contributed by atoms with E-state index in [2.05, 4.69) is 42.6 Å². The van der Waals surface area contributed by atoms with Crippen LogP contribution in [0.1, 0.15) is 193 Å². The van der Waals surface area contributed by atoms with Crippen LogP contribution in [0.15, 0.2) is 115 Å². The molecule has 0 amide bonds. The van der Waals surface area contributed by atoms with Crippen molar-refractivity contribution in [2.45, 2.75) is 214 Å². The van der Waals surface area contributed by atoms with Crippen molar-refractivity contribution in [2.24, 2.45) is 0 Å². The molecule has 0 fully saturated rings. The number of ketones is 1. The number of pyridine rings is 7. The molecule has 444 valence electrons. The Morgan fingerprint density at radius 2 is 0.768 bits per heavy atom. The van der Waals surface area contributed by atoms with Gasteiger partial charge in [0, 0.05) is 80.8 Å². The second-order valence-electron chi connectivity index (χ2n) is 21.4. The third-order valence-corrected chi connectivity index (χ3v) is 15.0. The van der Waals surface area contributed by atoms with Crippen molar-refractivity contribution in [2.75, 3.05) is 14.2 Å². The molecule has 0 atom stereocenters. The summed E-state index contributed by atoms with van der Waals surface area (Å²) in [7, 11) is 3.15. The molecule has 7 aromatic heterocycles. The normalized spacial score (nSPS) is 11.6. The Labute approximate surface area is 484 Å². The molecule has 7 aromatic rings. The van der Waals surface area contributed by atoms with Gasteiger partial charge in [0.2, 0.25) is 17.3 Å². The van der Waals surface area contributed by atoms with Gasteiger partial charge in [-0.1, -0.05) is 162 Å². The first-order chi connectivity index (χ1) is 40.0. The Kier molecular flexibility index (Phi) is 29.7. The number of nitrogens with zero attached hydrogens (tertiary/aromatic N) is 6. The number of aromatic amines is 1. The van der Waals surface area contributed by atoms with E-state index in [0.717, 1.165) is 104 Å². The number of rotatable bonds is 30. The molecule has 0 spiro atoms. The lowest BCUT2D eigenvalue weighted by atomic mass is 10.0. The Hall–Kier alpha value is -7.16. The zero-order valence-corrected chi connectivity index (χ0v) is 50.2. The van der Waals surface area contributed by atoms with Crippen LogP contribution in [0.25, 0.3) is 39.2 Å². The van der Waals surface area contributed by atoms with Gasteiger partial charge in [0.15, 0.2) is 5.78 Å². The fraction of sp³-hybridized carbons (Fsp3) is 0.522. The summed E-state index contributed by atoms with van der Waals surface area (Å²) in [5.41, 5.74) is 6.84. The molecule has 7 heterocycles. The third kappa shape index (κ3) is 21.3. The molecular weight excluding hydrogens is 1030 g/mol. The first kappa shape index (κ1) is 65.6. The standard InChI is InChI=1S/C24H38N2O2.C17H24N2O2.C17H23NO2.C9H8N2O2/c1-3-5-7-9-11-13-19-25-21-15-18-24(28)26(22(21)16-17-23(25)27)20-14-12-10-8-6-4-2;1-3-4-5-6-7-8-13-19-15-10-11-16(21-2)18-14(15)9-12-17(19)20;1-2-3-4-5-6-7-12-18-16-10-9-15(19)13-14(16)8-11-17(18)20;1-13-9-5-3-6-7(11-9)2-4-8(12)10-6/h15-18H,3-14,19-20H2,1-2H3;9-12H,3-8,13H2,1-2H3;8-11H,2-7,12-13H2,1H3;2-5H,1H3,(H,10,12). The van der Waals surface area contributed by atoms with E-state index in [-0.39, 0.29) is 33.6 Å². The average Bonchev–Trinajstić information content (AvgIpc) is 3.65. The topological polar surface area (TPSA) is 182 Å². The average molecular weight is 1120 g/mol. The van der Waals surface area contributed by atoms with Crippen molar-refractivity contribution in [3.8, 4) is 11.8 Å². The minimum atomic E-state index is -0.125. The van der Waals surface area contributed by atoms with E-state index < -0.39 is 0 Å². The second kappa shape index (κ2) is 37.0. The SMILES string of the molecule is CCCCCCCCn1c(=O)ccc2c1ccc(=O)n2CCCCCCCC.CCCCCCCCn1c(=O)ccc2nc(OC)ccc21.CCCCCCCCn1c2c(ccc1=O)CC(=O)C=C2.COc1ccc2[nH]c(=O)ccc2n1. The fourth-order valence-electron chi connectivity index (χ4n) is 10.3. The summed E-state index contributed by atoms with van der Waals surface area (Å²) in [6.45, 7) is 11.9. The maximum absolute atomic E-state index is 12.4. The van der Waals surface area contributed by atoms with Crippen LogP contribution in [0.2, 0.25) is 0 Å². The van der Waals surface area contributed by atoms with Gasteiger partial charge in [0.05, 0.1) is 47.3 Å². The van der Waals surface area contributed by atoms with Crippen molar-refractivity contribution in [3.63, 3.8) is 0 Å². The maximum Gasteiger partial charge on any atom is 0.251 e. The molecule has 15 nitrogen and oxygen atoms in total. The van der Waals surface area contributed by atoms with E-state index >= 15 is 0 Å². The summed E-state index contributed by atoms with van der Waals surface area (Å²) in [5, 5.41) is 0. The molecule has 0 aliphatic heterocycles. The molecular formula is C67H93N7O8. The summed E-state index contributed by atoms with van der Waals surface area (Å²) in [5.74, 6) is 1.23. The third-order valence-electron chi connectivity index (χ3n) is 15.0. The van der Waals surface area contributed by atoms with E-state index in [9.17, 15) is 28.8 Å². The minimum Gasteiger partial charge on any atom is -0.481 e. The zero-order chi connectivity index (χ0) is 58.9. The lowest BCUT2D eigenvalue weighted by molar-refractivity contribution is -0.114. The maximum atomic E-state index is 12.4. The number of hydrogen-bond donors (Lipinski definition) is 1. The van der Waals surface area contributed by atoms with Gasteiger partial charge in [-0.2, -0.15) is 0 Å². The highest BCUT2D eigenvalue weighted by Gasteiger charge is 2.15. The van der Waals surface area contributed by atoms with Gasteiger partial charge < -0.3 is 32.7 Å². The van der Waals surface area contributed by atoms with Crippen LogP contribution in [0.4, 0.5) is 0 Å². The number of allylic oxidation sites excluding steroid dienone is 1. The van der Waals surface area contributed by atoms with Gasteiger partial charge in [0.25, 0.3) is 22.2 Å². The summed E-state index contributed by atoms with van der Waals surface area (Å²) in [4.78, 5) is 82.4. The smallest absolute Gasteiger partial charge is 0.251 e. The van der Waals surface area contributed by atoms with Crippen LogP contribution >= 0.6 is 0 Å². The molecule has 15 heteroatoms.